The van der Waals surface area contributed by atoms with Crippen LogP contribution in [0.25, 0.3) is 0 Å². The molecule has 0 spiro atoms. The molecule has 104 valence electrons. The molecule has 0 aliphatic carbocycles. The standard InChI is InChI=1S/C11H11F2NO4S/c12-6-1-2-9(7(13)3-6)19-5-10(16)14-8(4-15)11(17)18/h1-3,8,15H,4-5H2,(H,14,16)(H,17,18)/t8-/m0/s1. The summed E-state index contributed by atoms with van der Waals surface area (Å²) in [5, 5.41) is 19.4. The van der Waals surface area contributed by atoms with Crippen molar-refractivity contribution in [3.05, 3.63) is 29.8 Å². The number of nitrogens with one attached hydrogen (secondary N) is 1. The Kier molecular flexibility index (Phi) is 5.71. The molecule has 5 nitrogen and oxygen atoms in total. The Morgan fingerprint density at radius 2 is 2.05 bits per heavy atom. The molecule has 1 aromatic rings. The van der Waals surface area contributed by atoms with Gasteiger partial charge in [0.05, 0.1) is 12.4 Å². The number of hydrogen-bond acceptors (Lipinski definition) is 4. The van der Waals surface area contributed by atoms with E-state index in [-0.39, 0.29) is 10.6 Å². The summed E-state index contributed by atoms with van der Waals surface area (Å²) in [6, 6.07) is 1.53. The first-order valence-electron chi connectivity index (χ1n) is 5.15. The summed E-state index contributed by atoms with van der Waals surface area (Å²) < 4.78 is 25.9. The fraction of sp³-hybridized carbons (Fsp3) is 0.273. The van der Waals surface area contributed by atoms with Gasteiger partial charge in [-0.3, -0.25) is 4.79 Å². The summed E-state index contributed by atoms with van der Waals surface area (Å²) >= 11 is 0.800. The first-order chi connectivity index (χ1) is 8.93. The van der Waals surface area contributed by atoms with Crippen LogP contribution in [-0.2, 0) is 9.59 Å². The van der Waals surface area contributed by atoms with Crippen LogP contribution in [0.5, 0.6) is 0 Å². The van der Waals surface area contributed by atoms with Crippen LogP contribution < -0.4 is 5.32 Å². The van der Waals surface area contributed by atoms with E-state index in [1.807, 2.05) is 0 Å². The molecule has 19 heavy (non-hydrogen) atoms. The quantitative estimate of drug-likeness (QED) is 0.669. The predicted octanol–water partition coefficient (Wildman–Crippen LogP) is 0.619. The van der Waals surface area contributed by atoms with Crippen LogP contribution >= 0.6 is 11.8 Å². The molecule has 1 amide bonds. The first-order valence-corrected chi connectivity index (χ1v) is 6.13. The maximum atomic E-state index is 13.2. The minimum absolute atomic E-state index is 0.0763. The molecule has 0 saturated heterocycles. The maximum Gasteiger partial charge on any atom is 0.328 e. The van der Waals surface area contributed by atoms with Crippen molar-refractivity contribution in [1.29, 1.82) is 0 Å². The number of carboxylic acid groups (broad SMARTS) is 1. The third kappa shape index (κ3) is 4.84. The average molecular weight is 291 g/mol. The summed E-state index contributed by atoms with van der Waals surface area (Å²) in [6.07, 6.45) is 0. The van der Waals surface area contributed by atoms with Gasteiger partial charge >= 0.3 is 5.97 Å². The zero-order valence-corrected chi connectivity index (χ0v) is 10.4. The highest BCUT2D eigenvalue weighted by Gasteiger charge is 2.18. The Hall–Kier alpha value is -1.67. The van der Waals surface area contributed by atoms with Gasteiger partial charge in [0.1, 0.15) is 17.7 Å². The molecule has 0 heterocycles. The van der Waals surface area contributed by atoms with Crippen molar-refractivity contribution in [3.63, 3.8) is 0 Å². The van der Waals surface area contributed by atoms with Crippen LogP contribution in [0.2, 0.25) is 0 Å². The van der Waals surface area contributed by atoms with Gasteiger partial charge in [0.25, 0.3) is 0 Å². The van der Waals surface area contributed by atoms with E-state index in [2.05, 4.69) is 5.32 Å². The van der Waals surface area contributed by atoms with Crippen molar-refractivity contribution >= 4 is 23.6 Å². The highest BCUT2D eigenvalue weighted by Crippen LogP contribution is 2.21. The number of carbonyl (C=O) groups excluding carboxylic acids is 1. The number of aliphatic hydroxyl groups excluding tert-OH is 1. The van der Waals surface area contributed by atoms with Crippen LogP contribution in [0, 0.1) is 11.6 Å². The summed E-state index contributed by atoms with van der Waals surface area (Å²) in [6.45, 7) is -0.739. The number of amides is 1. The van der Waals surface area contributed by atoms with Crippen molar-refractivity contribution in [1.82, 2.24) is 5.32 Å². The van der Waals surface area contributed by atoms with Gasteiger partial charge in [-0.15, -0.1) is 11.8 Å². The van der Waals surface area contributed by atoms with Gasteiger partial charge in [0.2, 0.25) is 5.91 Å². The number of carbonyl (C=O) groups is 2. The number of aliphatic carboxylic acids is 1. The summed E-state index contributed by atoms with van der Waals surface area (Å²) in [5.41, 5.74) is 0. The van der Waals surface area contributed by atoms with E-state index >= 15 is 0 Å². The SMILES string of the molecule is O=C(CSc1ccc(F)cc1F)N[C@@H](CO)C(=O)O. The highest BCUT2D eigenvalue weighted by atomic mass is 32.2. The van der Waals surface area contributed by atoms with Crippen LogP contribution in [-0.4, -0.2) is 40.5 Å². The summed E-state index contributed by atoms with van der Waals surface area (Å²) in [4.78, 5) is 22.0. The molecular weight excluding hydrogens is 280 g/mol. The van der Waals surface area contributed by atoms with Gasteiger partial charge < -0.3 is 15.5 Å². The number of thioether (sulfide) groups is 1. The zero-order valence-electron chi connectivity index (χ0n) is 9.60. The molecule has 3 N–H and O–H groups in total. The fourth-order valence-corrected chi connectivity index (χ4v) is 1.89. The molecule has 0 unspecified atom stereocenters. The molecule has 0 saturated carbocycles. The normalized spacial score (nSPS) is 11.9. The third-order valence-corrected chi connectivity index (χ3v) is 3.12. The lowest BCUT2D eigenvalue weighted by Crippen LogP contribution is -2.44. The van der Waals surface area contributed by atoms with Gasteiger partial charge in [0, 0.05) is 11.0 Å². The average Bonchev–Trinajstić information content (AvgIpc) is 2.34. The van der Waals surface area contributed by atoms with E-state index in [1.165, 1.54) is 6.07 Å². The largest absolute Gasteiger partial charge is 0.480 e. The van der Waals surface area contributed by atoms with E-state index in [0.717, 1.165) is 17.8 Å². The van der Waals surface area contributed by atoms with Crippen molar-refractivity contribution in [2.24, 2.45) is 0 Å². The lowest BCUT2D eigenvalue weighted by atomic mass is 10.3. The smallest absolute Gasteiger partial charge is 0.328 e. The van der Waals surface area contributed by atoms with Crippen LogP contribution in [0.15, 0.2) is 23.1 Å². The zero-order chi connectivity index (χ0) is 14.4. The lowest BCUT2D eigenvalue weighted by Gasteiger charge is -2.11. The number of carboxylic acids is 1. The van der Waals surface area contributed by atoms with E-state index in [1.54, 1.807) is 0 Å². The molecule has 1 rings (SSSR count). The third-order valence-electron chi connectivity index (χ3n) is 2.07. The molecule has 0 aromatic heterocycles. The van der Waals surface area contributed by atoms with Gasteiger partial charge in [-0.25, -0.2) is 13.6 Å². The topological polar surface area (TPSA) is 86.6 Å². The minimum atomic E-state index is -1.40. The lowest BCUT2D eigenvalue weighted by molar-refractivity contribution is -0.142. The Balaban J connectivity index is 2.52. The Labute approximate surface area is 111 Å². The summed E-state index contributed by atoms with van der Waals surface area (Å²) in [7, 11) is 0. The number of benzene rings is 1. The van der Waals surface area contributed by atoms with Gasteiger partial charge in [-0.2, -0.15) is 0 Å². The molecule has 0 radical (unpaired) electrons. The van der Waals surface area contributed by atoms with Crippen molar-refractivity contribution in [3.8, 4) is 0 Å². The number of hydrogen-bond donors (Lipinski definition) is 3. The molecule has 1 atom stereocenters. The second-order valence-electron chi connectivity index (χ2n) is 3.50. The van der Waals surface area contributed by atoms with Crippen molar-refractivity contribution in [2.45, 2.75) is 10.9 Å². The molecule has 8 heteroatoms. The van der Waals surface area contributed by atoms with Gasteiger partial charge in [0.15, 0.2) is 0 Å². The molecular formula is C11H11F2NO4S. The van der Waals surface area contributed by atoms with Gasteiger partial charge in [-0.05, 0) is 12.1 Å². The van der Waals surface area contributed by atoms with Crippen LogP contribution in [0.4, 0.5) is 8.78 Å². The van der Waals surface area contributed by atoms with E-state index in [9.17, 15) is 18.4 Å². The molecule has 0 fully saturated rings. The minimum Gasteiger partial charge on any atom is -0.480 e. The van der Waals surface area contributed by atoms with E-state index in [4.69, 9.17) is 10.2 Å². The van der Waals surface area contributed by atoms with Gasteiger partial charge in [-0.1, -0.05) is 0 Å². The Bertz CT molecular complexity index is 484. The first kappa shape index (κ1) is 15.4. The maximum absolute atomic E-state index is 13.2. The second-order valence-corrected chi connectivity index (χ2v) is 4.52. The molecule has 0 aliphatic rings. The van der Waals surface area contributed by atoms with Crippen LogP contribution in [0.3, 0.4) is 0 Å². The Morgan fingerprint density at radius 1 is 1.37 bits per heavy atom. The van der Waals surface area contributed by atoms with Crippen molar-refractivity contribution in [2.75, 3.05) is 12.4 Å². The molecule has 0 aliphatic heterocycles. The highest BCUT2D eigenvalue weighted by molar-refractivity contribution is 8.00. The Morgan fingerprint density at radius 3 is 2.58 bits per heavy atom. The summed E-state index contributed by atoms with van der Waals surface area (Å²) in [5.74, 6) is -3.80. The predicted molar refractivity (Wildman–Crippen MR) is 63.7 cm³/mol. The van der Waals surface area contributed by atoms with E-state index in [0.29, 0.717) is 6.07 Å². The molecule has 0 bridgehead atoms. The fourth-order valence-electron chi connectivity index (χ4n) is 1.16. The number of rotatable bonds is 6. The monoisotopic (exact) mass is 291 g/mol. The van der Waals surface area contributed by atoms with Crippen molar-refractivity contribution < 1.29 is 28.6 Å². The number of aliphatic hydroxyl groups is 1. The number of halogens is 2. The molecule has 1 aromatic carbocycles. The van der Waals surface area contributed by atoms with Crippen LogP contribution in [0.1, 0.15) is 0 Å². The van der Waals surface area contributed by atoms with E-state index < -0.39 is 36.2 Å². The second kappa shape index (κ2) is 7.05.